The van der Waals surface area contributed by atoms with Crippen molar-refractivity contribution in [1.29, 1.82) is 0 Å². The zero-order chi connectivity index (χ0) is 19.5. The maximum Gasteiger partial charge on any atom is 0.131 e. The van der Waals surface area contributed by atoms with Crippen LogP contribution in [0.15, 0.2) is 66.7 Å². The minimum Gasteiger partial charge on any atom is -0.497 e. The predicted molar refractivity (Wildman–Crippen MR) is 112 cm³/mol. The van der Waals surface area contributed by atoms with Gasteiger partial charge in [0.25, 0.3) is 0 Å². The summed E-state index contributed by atoms with van der Waals surface area (Å²) in [7, 11) is 3.32. The first-order valence-electron chi connectivity index (χ1n) is 9.21. The number of aromatic nitrogens is 1. The largest absolute Gasteiger partial charge is 0.497 e. The quantitative estimate of drug-likeness (QED) is 0.469. The molecule has 0 amide bonds. The average molecular weight is 373 g/mol. The fraction of sp³-hybridized carbons (Fsp3) is 0.167. The molecule has 28 heavy (non-hydrogen) atoms. The van der Waals surface area contributed by atoms with E-state index in [0.29, 0.717) is 6.61 Å². The van der Waals surface area contributed by atoms with Gasteiger partial charge in [0.2, 0.25) is 0 Å². The molecule has 142 valence electrons. The second-order valence-corrected chi connectivity index (χ2v) is 6.67. The number of benzene rings is 3. The number of methoxy groups -OCH3 is 2. The third-order valence-corrected chi connectivity index (χ3v) is 4.96. The van der Waals surface area contributed by atoms with Crippen LogP contribution in [0.1, 0.15) is 11.1 Å². The average Bonchev–Trinajstić information content (AvgIpc) is 3.08. The summed E-state index contributed by atoms with van der Waals surface area (Å²) in [6.07, 6.45) is 0. The molecule has 0 spiro atoms. The maximum atomic E-state index is 5.99. The van der Waals surface area contributed by atoms with E-state index in [4.69, 9.17) is 14.2 Å². The number of hydrogen-bond donors (Lipinski definition) is 1. The van der Waals surface area contributed by atoms with Gasteiger partial charge in [-0.15, -0.1) is 0 Å². The number of ether oxygens (including phenoxy) is 3. The van der Waals surface area contributed by atoms with Crippen molar-refractivity contribution in [2.45, 2.75) is 13.5 Å². The lowest BCUT2D eigenvalue weighted by Crippen LogP contribution is -1.94. The van der Waals surface area contributed by atoms with Crippen LogP contribution in [0.25, 0.3) is 22.2 Å². The maximum absolute atomic E-state index is 5.99. The van der Waals surface area contributed by atoms with Gasteiger partial charge >= 0.3 is 0 Å². The van der Waals surface area contributed by atoms with Gasteiger partial charge in [-0.25, -0.2) is 0 Å². The lowest BCUT2D eigenvalue weighted by Gasteiger charge is -2.10. The second-order valence-electron chi connectivity index (χ2n) is 6.67. The minimum absolute atomic E-state index is 0.551. The molecule has 4 nitrogen and oxygen atoms in total. The molecule has 1 heterocycles. The molecule has 1 N–H and O–H groups in total. The van der Waals surface area contributed by atoms with Gasteiger partial charge in [0.15, 0.2) is 0 Å². The van der Waals surface area contributed by atoms with Crippen molar-refractivity contribution >= 4 is 10.9 Å². The van der Waals surface area contributed by atoms with Crippen LogP contribution in [0.5, 0.6) is 17.2 Å². The normalized spacial score (nSPS) is 10.8. The Hall–Kier alpha value is -3.40. The Morgan fingerprint density at radius 2 is 1.61 bits per heavy atom. The van der Waals surface area contributed by atoms with Crippen molar-refractivity contribution in [3.05, 3.63) is 77.9 Å². The van der Waals surface area contributed by atoms with Crippen molar-refractivity contribution in [3.63, 3.8) is 0 Å². The highest BCUT2D eigenvalue weighted by molar-refractivity contribution is 5.92. The van der Waals surface area contributed by atoms with Gasteiger partial charge in [0.05, 0.1) is 19.9 Å². The first-order chi connectivity index (χ1) is 13.7. The molecule has 0 aliphatic carbocycles. The Morgan fingerprint density at radius 3 is 2.36 bits per heavy atom. The molecule has 0 fully saturated rings. The van der Waals surface area contributed by atoms with Crippen LogP contribution in [-0.2, 0) is 6.61 Å². The van der Waals surface area contributed by atoms with Crippen LogP contribution >= 0.6 is 0 Å². The van der Waals surface area contributed by atoms with Crippen molar-refractivity contribution in [1.82, 2.24) is 4.98 Å². The molecule has 0 aliphatic heterocycles. The van der Waals surface area contributed by atoms with E-state index >= 15 is 0 Å². The molecular formula is C24H23NO3. The Morgan fingerprint density at radius 1 is 0.821 bits per heavy atom. The van der Waals surface area contributed by atoms with Gasteiger partial charge < -0.3 is 19.2 Å². The third-order valence-electron chi connectivity index (χ3n) is 4.96. The first-order valence-corrected chi connectivity index (χ1v) is 9.21. The highest BCUT2D eigenvalue weighted by Gasteiger charge is 2.15. The van der Waals surface area contributed by atoms with Crippen molar-refractivity contribution in [3.8, 4) is 28.5 Å². The van der Waals surface area contributed by atoms with Gasteiger partial charge in [-0.1, -0.05) is 30.3 Å². The zero-order valence-electron chi connectivity index (χ0n) is 16.3. The summed E-state index contributed by atoms with van der Waals surface area (Å²) in [6.45, 7) is 2.66. The Balaban J connectivity index is 1.67. The van der Waals surface area contributed by atoms with Gasteiger partial charge in [-0.2, -0.15) is 0 Å². The zero-order valence-corrected chi connectivity index (χ0v) is 16.3. The van der Waals surface area contributed by atoms with Gasteiger partial charge in [0.1, 0.15) is 23.9 Å². The standard InChI is InChI=1S/C24H23NO3/c1-16-21-13-19(28-15-17-7-5-4-6-8-17)10-12-22(21)25-24(16)20-11-9-18(26-2)14-23(20)27-3/h4-14,25H,15H2,1-3H3. The molecule has 4 heteroatoms. The summed E-state index contributed by atoms with van der Waals surface area (Å²) in [6, 6.07) is 22.2. The molecule has 0 bridgehead atoms. The van der Waals surface area contributed by atoms with Gasteiger partial charge in [-0.05, 0) is 48.4 Å². The molecule has 0 saturated heterocycles. The second kappa shape index (κ2) is 7.69. The minimum atomic E-state index is 0.551. The van der Waals surface area contributed by atoms with Crippen molar-refractivity contribution < 1.29 is 14.2 Å². The van der Waals surface area contributed by atoms with E-state index in [2.05, 4.69) is 36.2 Å². The van der Waals surface area contributed by atoms with Crippen LogP contribution < -0.4 is 14.2 Å². The summed E-state index contributed by atoms with van der Waals surface area (Å²) in [5, 5.41) is 1.14. The van der Waals surface area contributed by atoms with Gasteiger partial charge in [-0.3, -0.25) is 0 Å². The van der Waals surface area contributed by atoms with E-state index in [0.717, 1.165) is 50.5 Å². The molecule has 4 rings (SSSR count). The molecule has 0 unspecified atom stereocenters. The smallest absolute Gasteiger partial charge is 0.131 e. The lowest BCUT2D eigenvalue weighted by molar-refractivity contribution is 0.306. The lowest BCUT2D eigenvalue weighted by atomic mass is 10.1. The van der Waals surface area contributed by atoms with E-state index in [1.165, 1.54) is 0 Å². The van der Waals surface area contributed by atoms with Crippen molar-refractivity contribution in [2.75, 3.05) is 14.2 Å². The van der Waals surface area contributed by atoms with Crippen LogP contribution in [-0.4, -0.2) is 19.2 Å². The molecule has 0 atom stereocenters. The van der Waals surface area contributed by atoms with E-state index in [9.17, 15) is 0 Å². The summed E-state index contributed by atoms with van der Waals surface area (Å²) in [5.74, 6) is 2.40. The van der Waals surface area contributed by atoms with E-state index in [1.807, 2.05) is 42.5 Å². The highest BCUT2D eigenvalue weighted by atomic mass is 16.5. The fourth-order valence-corrected chi connectivity index (χ4v) is 3.41. The first kappa shape index (κ1) is 18.0. The number of nitrogens with one attached hydrogen (secondary N) is 1. The number of hydrogen-bond acceptors (Lipinski definition) is 3. The molecule has 0 aliphatic rings. The number of rotatable bonds is 6. The number of H-pyrrole nitrogens is 1. The summed E-state index contributed by atoms with van der Waals surface area (Å²) in [5.41, 5.74) is 5.41. The fourth-order valence-electron chi connectivity index (χ4n) is 3.41. The van der Waals surface area contributed by atoms with Crippen LogP contribution in [0, 0.1) is 6.92 Å². The predicted octanol–water partition coefficient (Wildman–Crippen LogP) is 5.74. The van der Waals surface area contributed by atoms with E-state index in [1.54, 1.807) is 14.2 Å². The number of aryl methyl sites for hydroxylation is 1. The SMILES string of the molecule is COc1ccc(-c2[nH]c3ccc(OCc4ccccc4)cc3c2C)c(OC)c1. The molecule has 1 aromatic heterocycles. The van der Waals surface area contributed by atoms with Gasteiger partial charge in [0, 0.05) is 22.5 Å². The van der Waals surface area contributed by atoms with Crippen LogP contribution in [0.3, 0.4) is 0 Å². The molecular weight excluding hydrogens is 350 g/mol. The monoisotopic (exact) mass is 373 g/mol. The van der Waals surface area contributed by atoms with E-state index < -0.39 is 0 Å². The Kier molecular flexibility index (Phi) is 4.94. The number of fused-ring (bicyclic) bond motifs is 1. The molecule has 0 radical (unpaired) electrons. The van der Waals surface area contributed by atoms with E-state index in [-0.39, 0.29) is 0 Å². The third kappa shape index (κ3) is 3.41. The van der Waals surface area contributed by atoms with Crippen molar-refractivity contribution in [2.24, 2.45) is 0 Å². The van der Waals surface area contributed by atoms with Crippen LogP contribution in [0.2, 0.25) is 0 Å². The Labute approximate surface area is 164 Å². The highest BCUT2D eigenvalue weighted by Crippen LogP contribution is 2.38. The molecule has 0 saturated carbocycles. The molecule has 4 aromatic rings. The summed E-state index contributed by atoms with van der Waals surface area (Å²) < 4.78 is 16.9. The topological polar surface area (TPSA) is 43.5 Å². The Bertz CT molecular complexity index is 1100. The molecule has 3 aromatic carbocycles. The number of aromatic amines is 1. The summed E-state index contributed by atoms with van der Waals surface area (Å²) in [4.78, 5) is 3.52. The van der Waals surface area contributed by atoms with Crippen LogP contribution in [0.4, 0.5) is 0 Å². The summed E-state index contributed by atoms with van der Waals surface area (Å²) >= 11 is 0.